The standard InChI is InChI=1S/C17H25FN2O.ClH/c1-19-12-10-17(21)20(16-4-2-3-5-16)13-11-14-6-8-15(18)9-7-14;/h6-9,16,19H,2-5,10-13H2,1H3;1H. The Bertz CT molecular complexity index is 446. The van der Waals surface area contributed by atoms with Gasteiger partial charge in [0, 0.05) is 25.6 Å². The fraction of sp³-hybridized carbons (Fsp3) is 0.588. The van der Waals surface area contributed by atoms with Gasteiger partial charge in [0.15, 0.2) is 0 Å². The molecule has 1 aliphatic carbocycles. The van der Waals surface area contributed by atoms with E-state index in [4.69, 9.17) is 0 Å². The predicted octanol–water partition coefficient (Wildman–Crippen LogP) is 3.17. The van der Waals surface area contributed by atoms with Crippen molar-refractivity contribution in [2.24, 2.45) is 0 Å². The fourth-order valence-corrected chi connectivity index (χ4v) is 3.00. The Labute approximate surface area is 138 Å². The van der Waals surface area contributed by atoms with Gasteiger partial charge < -0.3 is 10.2 Å². The van der Waals surface area contributed by atoms with E-state index in [1.54, 1.807) is 12.1 Å². The fourth-order valence-electron chi connectivity index (χ4n) is 3.00. The molecule has 5 heteroatoms. The van der Waals surface area contributed by atoms with Crippen LogP contribution in [0.4, 0.5) is 4.39 Å². The lowest BCUT2D eigenvalue weighted by Gasteiger charge is -2.29. The lowest BCUT2D eigenvalue weighted by molar-refractivity contribution is -0.133. The highest BCUT2D eigenvalue weighted by atomic mass is 35.5. The first-order chi connectivity index (χ1) is 10.2. The van der Waals surface area contributed by atoms with Crippen LogP contribution in [-0.4, -0.2) is 37.0 Å². The minimum atomic E-state index is -0.212. The summed E-state index contributed by atoms with van der Waals surface area (Å²) in [5, 5.41) is 3.03. The summed E-state index contributed by atoms with van der Waals surface area (Å²) < 4.78 is 12.9. The molecule has 0 saturated heterocycles. The Kier molecular flexibility index (Phi) is 8.43. The van der Waals surface area contributed by atoms with Gasteiger partial charge in [-0.05, 0) is 44.0 Å². The molecule has 0 radical (unpaired) electrons. The maximum atomic E-state index is 12.9. The normalized spacial score (nSPS) is 14.6. The Balaban J connectivity index is 0.00000242. The number of benzene rings is 1. The van der Waals surface area contributed by atoms with Crippen LogP contribution in [0.25, 0.3) is 0 Å². The molecule has 22 heavy (non-hydrogen) atoms. The van der Waals surface area contributed by atoms with Crippen LogP contribution < -0.4 is 5.32 Å². The van der Waals surface area contributed by atoms with Crippen LogP contribution in [-0.2, 0) is 11.2 Å². The molecule has 1 fully saturated rings. The van der Waals surface area contributed by atoms with Gasteiger partial charge in [0.1, 0.15) is 5.82 Å². The Morgan fingerprint density at radius 2 is 1.91 bits per heavy atom. The average Bonchev–Trinajstić information content (AvgIpc) is 3.01. The maximum absolute atomic E-state index is 12.9. The van der Waals surface area contributed by atoms with Crippen molar-refractivity contribution in [3.63, 3.8) is 0 Å². The van der Waals surface area contributed by atoms with Crippen molar-refractivity contribution in [3.05, 3.63) is 35.6 Å². The number of halogens is 2. The molecule has 0 aromatic heterocycles. The minimum Gasteiger partial charge on any atom is -0.339 e. The third-order valence-corrected chi connectivity index (χ3v) is 4.23. The van der Waals surface area contributed by atoms with Crippen molar-refractivity contribution < 1.29 is 9.18 Å². The van der Waals surface area contributed by atoms with Crippen molar-refractivity contribution in [2.45, 2.75) is 44.6 Å². The molecule has 1 N–H and O–H groups in total. The third kappa shape index (κ3) is 5.58. The number of carbonyl (C=O) groups is 1. The molecule has 0 bridgehead atoms. The van der Waals surface area contributed by atoms with Gasteiger partial charge in [-0.25, -0.2) is 4.39 Å². The van der Waals surface area contributed by atoms with Gasteiger partial charge in [-0.15, -0.1) is 12.4 Å². The van der Waals surface area contributed by atoms with E-state index in [2.05, 4.69) is 5.32 Å². The van der Waals surface area contributed by atoms with Crippen LogP contribution in [0, 0.1) is 5.82 Å². The molecule has 0 heterocycles. The summed E-state index contributed by atoms with van der Waals surface area (Å²) in [6.07, 6.45) is 6.02. The van der Waals surface area contributed by atoms with E-state index in [-0.39, 0.29) is 24.1 Å². The number of nitrogens with one attached hydrogen (secondary N) is 1. The van der Waals surface area contributed by atoms with E-state index in [1.807, 2.05) is 11.9 Å². The minimum absolute atomic E-state index is 0. The molecule has 1 amide bonds. The third-order valence-electron chi connectivity index (χ3n) is 4.23. The first-order valence-corrected chi connectivity index (χ1v) is 7.89. The summed E-state index contributed by atoms with van der Waals surface area (Å²) in [6, 6.07) is 6.98. The summed E-state index contributed by atoms with van der Waals surface area (Å²) in [6.45, 7) is 1.46. The lowest BCUT2D eigenvalue weighted by atomic mass is 10.1. The van der Waals surface area contributed by atoms with Gasteiger partial charge in [-0.1, -0.05) is 25.0 Å². The number of rotatable bonds is 7. The molecule has 1 aliphatic rings. The SMILES string of the molecule is CNCCC(=O)N(CCc1ccc(F)cc1)C1CCCC1.Cl. The number of carbonyl (C=O) groups excluding carboxylic acids is 1. The molecular formula is C17H26ClFN2O. The second-order valence-electron chi connectivity index (χ2n) is 5.76. The van der Waals surface area contributed by atoms with Gasteiger partial charge >= 0.3 is 0 Å². The first-order valence-electron chi connectivity index (χ1n) is 7.89. The molecule has 124 valence electrons. The zero-order valence-electron chi connectivity index (χ0n) is 13.2. The highest BCUT2D eigenvalue weighted by Gasteiger charge is 2.25. The van der Waals surface area contributed by atoms with Crippen molar-refractivity contribution in [2.75, 3.05) is 20.1 Å². The topological polar surface area (TPSA) is 32.3 Å². The zero-order chi connectivity index (χ0) is 15.1. The number of hydrogen-bond acceptors (Lipinski definition) is 2. The molecule has 0 atom stereocenters. The summed E-state index contributed by atoms with van der Waals surface area (Å²) >= 11 is 0. The van der Waals surface area contributed by atoms with Crippen LogP contribution >= 0.6 is 12.4 Å². The molecular weight excluding hydrogens is 303 g/mol. The Morgan fingerprint density at radius 3 is 2.50 bits per heavy atom. The summed E-state index contributed by atoms with van der Waals surface area (Å²) in [5.41, 5.74) is 1.08. The van der Waals surface area contributed by atoms with E-state index in [1.165, 1.54) is 25.0 Å². The second-order valence-corrected chi connectivity index (χ2v) is 5.76. The van der Waals surface area contributed by atoms with Gasteiger partial charge in [-0.3, -0.25) is 4.79 Å². The summed E-state index contributed by atoms with van der Waals surface area (Å²) in [4.78, 5) is 14.4. The zero-order valence-corrected chi connectivity index (χ0v) is 14.0. The molecule has 1 aromatic carbocycles. The van der Waals surface area contributed by atoms with Gasteiger partial charge in [-0.2, -0.15) is 0 Å². The highest BCUT2D eigenvalue weighted by molar-refractivity contribution is 5.85. The summed E-state index contributed by atoms with van der Waals surface area (Å²) in [5.74, 6) is 0.0230. The average molecular weight is 329 g/mol. The van der Waals surface area contributed by atoms with E-state index in [0.717, 1.165) is 37.9 Å². The first kappa shape index (κ1) is 18.9. The van der Waals surface area contributed by atoms with Crippen LogP contribution in [0.15, 0.2) is 24.3 Å². The number of nitrogens with zero attached hydrogens (tertiary/aromatic N) is 1. The largest absolute Gasteiger partial charge is 0.339 e. The Hall–Kier alpha value is -1.13. The van der Waals surface area contributed by atoms with Gasteiger partial charge in [0.05, 0.1) is 0 Å². The monoisotopic (exact) mass is 328 g/mol. The predicted molar refractivity (Wildman–Crippen MR) is 89.9 cm³/mol. The van der Waals surface area contributed by atoms with Crippen molar-refractivity contribution in [3.8, 4) is 0 Å². The van der Waals surface area contributed by atoms with Crippen LogP contribution in [0.5, 0.6) is 0 Å². The second kappa shape index (κ2) is 9.80. The maximum Gasteiger partial charge on any atom is 0.224 e. The highest BCUT2D eigenvalue weighted by Crippen LogP contribution is 2.24. The van der Waals surface area contributed by atoms with Crippen LogP contribution in [0.1, 0.15) is 37.7 Å². The summed E-state index contributed by atoms with van der Waals surface area (Å²) in [7, 11) is 1.87. The lowest BCUT2D eigenvalue weighted by Crippen LogP contribution is -2.41. The van der Waals surface area contributed by atoms with Crippen LogP contribution in [0.3, 0.4) is 0 Å². The van der Waals surface area contributed by atoms with E-state index >= 15 is 0 Å². The van der Waals surface area contributed by atoms with Gasteiger partial charge in [0.2, 0.25) is 5.91 Å². The molecule has 0 aliphatic heterocycles. The van der Waals surface area contributed by atoms with E-state index in [9.17, 15) is 9.18 Å². The smallest absolute Gasteiger partial charge is 0.224 e. The number of amides is 1. The van der Waals surface area contributed by atoms with Crippen LogP contribution in [0.2, 0.25) is 0 Å². The molecule has 0 spiro atoms. The molecule has 2 rings (SSSR count). The van der Waals surface area contributed by atoms with Crippen molar-refractivity contribution in [1.29, 1.82) is 0 Å². The molecule has 3 nitrogen and oxygen atoms in total. The Morgan fingerprint density at radius 1 is 1.27 bits per heavy atom. The molecule has 1 aromatic rings. The number of hydrogen-bond donors (Lipinski definition) is 1. The van der Waals surface area contributed by atoms with E-state index < -0.39 is 0 Å². The van der Waals surface area contributed by atoms with Crippen molar-refractivity contribution in [1.82, 2.24) is 10.2 Å². The van der Waals surface area contributed by atoms with Crippen molar-refractivity contribution >= 4 is 18.3 Å². The molecule has 1 saturated carbocycles. The molecule has 0 unspecified atom stereocenters. The van der Waals surface area contributed by atoms with E-state index in [0.29, 0.717) is 12.5 Å². The quantitative estimate of drug-likeness (QED) is 0.833. The van der Waals surface area contributed by atoms with Gasteiger partial charge in [0.25, 0.3) is 0 Å².